The van der Waals surface area contributed by atoms with Crippen LogP contribution >= 0.6 is 44.8 Å². The Kier molecular flexibility index (Phi) is 20.6. The first-order chi connectivity index (χ1) is 17.5. The van der Waals surface area contributed by atoms with Crippen molar-refractivity contribution in [2.75, 3.05) is 41.7 Å². The maximum Gasteiger partial charge on any atom is 0.179 e. The van der Waals surface area contributed by atoms with Gasteiger partial charge in [0.05, 0.1) is 66.7 Å². The largest absolute Gasteiger partial charge is 0.505 e. The molecule has 0 saturated carbocycles. The number of hydrogen-bond acceptors (Lipinski definition) is 9. The molecule has 2 atom stereocenters. The monoisotopic (exact) mass is 650 g/mol. The van der Waals surface area contributed by atoms with E-state index in [2.05, 4.69) is 13.8 Å². The first kappa shape index (κ1) is 37.4. The smallest absolute Gasteiger partial charge is 0.179 e. The quantitative estimate of drug-likeness (QED) is 0.0679. The summed E-state index contributed by atoms with van der Waals surface area (Å²) in [7, 11) is 6.52. The molecular weight excluding hydrogens is 607 g/mol. The average Bonchev–Trinajstić information content (AvgIpc) is 2.85. The van der Waals surface area contributed by atoms with Crippen molar-refractivity contribution in [2.45, 2.75) is 52.4 Å². The molecule has 0 aliphatic carbocycles. The lowest BCUT2D eigenvalue weighted by Crippen LogP contribution is -2.25. The van der Waals surface area contributed by atoms with Gasteiger partial charge in [0.1, 0.15) is 0 Å². The van der Waals surface area contributed by atoms with Crippen LogP contribution in [-0.2, 0) is 51.6 Å². The van der Waals surface area contributed by atoms with Gasteiger partial charge >= 0.3 is 0 Å². The normalized spacial score (nSPS) is 16.4. The van der Waals surface area contributed by atoms with Crippen molar-refractivity contribution in [3.8, 4) is 0 Å². The van der Waals surface area contributed by atoms with Gasteiger partial charge in [0.25, 0.3) is 0 Å². The van der Waals surface area contributed by atoms with E-state index < -0.39 is 9.34 Å². The summed E-state index contributed by atoms with van der Waals surface area (Å²) in [6, 6.07) is 0. The number of thiol groups is 2. The molecule has 13 heteroatoms. The summed E-state index contributed by atoms with van der Waals surface area (Å²) < 4.78 is 27.6. The summed E-state index contributed by atoms with van der Waals surface area (Å²) in [5, 5.41) is 0. The molecule has 0 rings (SSSR count). The van der Waals surface area contributed by atoms with Gasteiger partial charge in [-0.25, -0.2) is 0 Å². The first-order valence-corrected chi connectivity index (χ1v) is 21.6. The molecule has 37 heavy (non-hydrogen) atoms. The molecule has 0 aromatic carbocycles. The van der Waals surface area contributed by atoms with E-state index in [1.54, 1.807) is 53.5 Å². The highest BCUT2D eigenvalue weighted by Crippen LogP contribution is 2.83. The zero-order chi connectivity index (χ0) is 28.3. The van der Waals surface area contributed by atoms with Crippen LogP contribution in [0.2, 0.25) is 0 Å². The summed E-state index contributed by atoms with van der Waals surface area (Å²) in [5.74, 6) is 0. The molecular formula is C24H44O6P2S5. The van der Waals surface area contributed by atoms with E-state index in [1.807, 2.05) is 24.3 Å². The Morgan fingerprint density at radius 3 is 1.11 bits per heavy atom. The fourth-order valence-corrected chi connectivity index (χ4v) is 25.8. The summed E-state index contributed by atoms with van der Waals surface area (Å²) in [6.45, 7) is 5.11. The molecule has 0 radical (unpaired) electrons. The van der Waals surface area contributed by atoms with Gasteiger partial charge in [-0.1, -0.05) is 13.8 Å². The number of allylic oxidation sites excluding steroid dienone is 4. The molecule has 2 unspecified atom stereocenters. The van der Waals surface area contributed by atoms with Gasteiger partial charge in [0.15, 0.2) is 9.34 Å². The molecule has 0 amide bonds. The molecule has 0 saturated heterocycles. The van der Waals surface area contributed by atoms with Gasteiger partial charge in [-0.05, 0) is 97.4 Å². The van der Waals surface area contributed by atoms with E-state index in [0.29, 0.717) is 13.2 Å². The highest BCUT2D eigenvalue weighted by atomic mass is 33.5. The zero-order valence-corrected chi connectivity index (χ0v) is 28.8. The number of rotatable bonds is 22. The molecule has 0 aliphatic rings. The van der Waals surface area contributed by atoms with Crippen LogP contribution < -0.4 is 0 Å². The lowest BCUT2D eigenvalue weighted by Gasteiger charge is -2.34. The minimum absolute atomic E-state index is 0.184. The van der Waals surface area contributed by atoms with Crippen LogP contribution in [0, 0.1) is 10.8 Å². The van der Waals surface area contributed by atoms with E-state index in [9.17, 15) is 0 Å². The van der Waals surface area contributed by atoms with Gasteiger partial charge in [-0.2, -0.15) is 0 Å². The maximum absolute atomic E-state index is 6.28. The highest BCUT2D eigenvalue weighted by molar-refractivity contribution is 9.20. The Morgan fingerprint density at radius 2 is 0.892 bits per heavy atom. The van der Waals surface area contributed by atoms with E-state index >= 15 is 0 Å². The first-order valence-electron chi connectivity index (χ1n) is 11.9. The molecule has 0 N–H and O–H groups in total. The molecule has 0 aromatic rings. The van der Waals surface area contributed by atoms with E-state index in [4.69, 9.17) is 76.1 Å². The van der Waals surface area contributed by atoms with Gasteiger partial charge < -0.3 is 28.0 Å². The fourth-order valence-electron chi connectivity index (χ4n) is 3.38. The zero-order valence-electron chi connectivity index (χ0n) is 22.7. The number of ether oxygens (including phenoxy) is 4. The second-order valence-electron chi connectivity index (χ2n) is 8.52. The minimum atomic E-state index is -2.63. The van der Waals surface area contributed by atoms with Crippen molar-refractivity contribution in [3.05, 3.63) is 49.4 Å². The summed E-state index contributed by atoms with van der Waals surface area (Å²) in [6.07, 6.45) is 19.5. The van der Waals surface area contributed by atoms with Gasteiger partial charge in [-0.15, -0.1) is 24.5 Å². The van der Waals surface area contributed by atoms with Crippen LogP contribution in [0.15, 0.2) is 49.4 Å². The maximum atomic E-state index is 6.28. The fraction of sp³-hybridized carbons (Fsp3) is 0.667. The topological polar surface area (TPSA) is 55.4 Å². The van der Waals surface area contributed by atoms with Crippen molar-refractivity contribution in [1.29, 1.82) is 0 Å². The lowest BCUT2D eigenvalue weighted by molar-refractivity contribution is 0.155. The number of methoxy groups -OCH3 is 4. The Morgan fingerprint density at radius 1 is 0.622 bits per heavy atom. The second kappa shape index (κ2) is 20.3. The molecule has 0 fully saturated rings. The Labute approximate surface area is 249 Å². The third kappa shape index (κ3) is 17.0. The predicted octanol–water partition coefficient (Wildman–Crippen LogP) is 9.06. The van der Waals surface area contributed by atoms with Crippen molar-refractivity contribution < 1.29 is 28.0 Å². The molecule has 216 valence electrons. The molecule has 0 aliphatic heterocycles. The lowest BCUT2D eigenvalue weighted by atomic mass is 9.79. The Balaban J connectivity index is 5.47. The Hall–Kier alpha value is 0.430. The van der Waals surface area contributed by atoms with E-state index in [1.165, 1.54) is 11.0 Å². The van der Waals surface area contributed by atoms with Gasteiger partial charge in [0.2, 0.25) is 0 Å². The predicted molar refractivity (Wildman–Crippen MR) is 175 cm³/mol. The van der Waals surface area contributed by atoms with Crippen LogP contribution in [0.4, 0.5) is 0 Å². The Bertz CT molecular complexity index is 736. The minimum Gasteiger partial charge on any atom is -0.505 e. The van der Waals surface area contributed by atoms with E-state index in [0.717, 1.165) is 38.5 Å². The van der Waals surface area contributed by atoms with Crippen molar-refractivity contribution in [3.63, 3.8) is 0 Å². The van der Waals surface area contributed by atoms with Crippen LogP contribution in [-0.4, -0.2) is 41.7 Å². The molecule has 0 bridgehead atoms. The number of hydrogen-bond donors (Lipinski definition) is 2. The SMILES string of the molecule is CCC(C/C=C/OC)(C/C=C/OC)COP(=S)(S)SP(=S)(S)OCC(CC)(C/C=C/OC)C/C=C/OC. The van der Waals surface area contributed by atoms with Gasteiger partial charge in [0, 0.05) is 10.8 Å². The van der Waals surface area contributed by atoms with Crippen molar-refractivity contribution in [1.82, 2.24) is 0 Å². The average molecular weight is 651 g/mol. The summed E-state index contributed by atoms with van der Waals surface area (Å²) in [4.78, 5) is 0. The summed E-state index contributed by atoms with van der Waals surface area (Å²) in [5.41, 5.74) is -0.369. The van der Waals surface area contributed by atoms with Crippen LogP contribution in [0.1, 0.15) is 52.4 Å². The van der Waals surface area contributed by atoms with Crippen LogP contribution in [0.5, 0.6) is 0 Å². The third-order valence-electron chi connectivity index (χ3n) is 5.91. The molecule has 0 spiro atoms. The van der Waals surface area contributed by atoms with Gasteiger partial charge in [-0.3, -0.25) is 0 Å². The molecule has 6 nitrogen and oxygen atoms in total. The third-order valence-corrected chi connectivity index (χ3v) is 21.7. The highest BCUT2D eigenvalue weighted by Gasteiger charge is 2.34. The van der Waals surface area contributed by atoms with Crippen LogP contribution in [0.25, 0.3) is 0 Å². The standard InChI is InChI=1S/C24H44O6P2S5/c1-7-23(13-9-17-25-3,14-10-18-26-4)21-29-31(33,34)37-32(35,36)30-22-24(8-2,15-11-19-27-5)16-12-20-28-6/h9-12,17-20H,7-8,13-16,21-22H2,1-6H3,(H,33,34)(H,35,36)/b17-9+,18-10+,19-11+,20-12+. The summed E-state index contributed by atoms with van der Waals surface area (Å²) >= 11 is 22.3. The second-order valence-corrected chi connectivity index (χ2v) is 27.2. The van der Waals surface area contributed by atoms with Crippen LogP contribution in [0.3, 0.4) is 0 Å². The van der Waals surface area contributed by atoms with E-state index in [-0.39, 0.29) is 10.8 Å². The van der Waals surface area contributed by atoms with Crippen molar-refractivity contribution >= 4 is 68.4 Å². The molecule has 0 heterocycles. The van der Waals surface area contributed by atoms with Crippen molar-refractivity contribution in [2.24, 2.45) is 10.8 Å². The molecule has 0 aromatic heterocycles.